The topological polar surface area (TPSA) is 15.3 Å². The molecule has 0 amide bonds. The second-order valence-electron chi connectivity index (χ2n) is 5.91. The van der Waals surface area contributed by atoms with Gasteiger partial charge in [0.1, 0.15) is 0 Å². The number of hydrogen-bond donors (Lipinski definition) is 1. The van der Waals surface area contributed by atoms with Gasteiger partial charge >= 0.3 is 0 Å². The highest BCUT2D eigenvalue weighted by atomic mass is 79.9. The predicted molar refractivity (Wildman–Crippen MR) is 86.0 cm³/mol. The minimum atomic E-state index is 0.585. The van der Waals surface area contributed by atoms with Gasteiger partial charge in [-0.2, -0.15) is 0 Å². The first-order chi connectivity index (χ1) is 9.24. The Labute approximate surface area is 128 Å². The minimum absolute atomic E-state index is 0.585. The molecule has 106 valence electrons. The summed E-state index contributed by atoms with van der Waals surface area (Å²) in [6.45, 7) is 2.42. The van der Waals surface area contributed by atoms with Crippen LogP contribution in [0.4, 0.5) is 0 Å². The van der Waals surface area contributed by atoms with E-state index in [0.717, 1.165) is 12.6 Å². The second-order valence-corrected chi connectivity index (χ2v) is 8.43. The Morgan fingerprint density at radius 3 is 3.11 bits per heavy atom. The number of likely N-dealkylation sites (N-methyl/N-ethyl adjacent to an activating group) is 1. The average molecular weight is 343 g/mol. The van der Waals surface area contributed by atoms with Gasteiger partial charge in [0.05, 0.1) is 3.79 Å². The van der Waals surface area contributed by atoms with Crippen molar-refractivity contribution >= 4 is 27.3 Å². The summed E-state index contributed by atoms with van der Waals surface area (Å²) < 4.78 is 1.29. The summed E-state index contributed by atoms with van der Waals surface area (Å²) in [5.74, 6) is 0. The molecular formula is C15H23BrN2S. The normalized spacial score (nSPS) is 28.3. The molecule has 1 saturated heterocycles. The summed E-state index contributed by atoms with van der Waals surface area (Å²) in [6.07, 6.45) is 8.03. The van der Waals surface area contributed by atoms with E-state index in [1.807, 2.05) is 11.3 Å². The van der Waals surface area contributed by atoms with E-state index in [1.54, 1.807) is 10.4 Å². The Balaban J connectivity index is 1.61. The lowest BCUT2D eigenvalue weighted by molar-refractivity contribution is 0.176. The van der Waals surface area contributed by atoms with Gasteiger partial charge in [0, 0.05) is 23.5 Å². The summed E-state index contributed by atoms with van der Waals surface area (Å²) in [6, 6.07) is 3.66. The lowest BCUT2D eigenvalue weighted by Gasteiger charge is -2.34. The molecule has 2 atom stereocenters. The first kappa shape index (κ1) is 14.1. The number of thiophene rings is 1. The number of fused-ring (bicyclic) bond motifs is 1. The van der Waals surface area contributed by atoms with Gasteiger partial charge in [0.15, 0.2) is 0 Å². The molecule has 2 nitrogen and oxygen atoms in total. The van der Waals surface area contributed by atoms with Crippen LogP contribution >= 0.6 is 27.3 Å². The van der Waals surface area contributed by atoms with Crippen LogP contribution in [-0.4, -0.2) is 31.1 Å². The fraction of sp³-hybridized carbons (Fsp3) is 0.733. The van der Waals surface area contributed by atoms with Crippen LogP contribution in [0.1, 0.15) is 48.6 Å². The van der Waals surface area contributed by atoms with Crippen molar-refractivity contribution in [1.82, 2.24) is 10.2 Å². The van der Waals surface area contributed by atoms with Crippen molar-refractivity contribution in [2.45, 2.75) is 50.6 Å². The van der Waals surface area contributed by atoms with Crippen molar-refractivity contribution < 1.29 is 0 Å². The molecular weight excluding hydrogens is 320 g/mol. The molecule has 4 heteroatoms. The maximum atomic E-state index is 3.84. The van der Waals surface area contributed by atoms with E-state index < -0.39 is 0 Å². The van der Waals surface area contributed by atoms with E-state index in [9.17, 15) is 0 Å². The van der Waals surface area contributed by atoms with Crippen LogP contribution in [-0.2, 0) is 6.42 Å². The molecule has 1 aromatic rings. The molecule has 0 spiro atoms. The summed E-state index contributed by atoms with van der Waals surface area (Å²) in [7, 11) is 2.28. The van der Waals surface area contributed by atoms with E-state index in [1.165, 1.54) is 48.9 Å². The highest BCUT2D eigenvalue weighted by Crippen LogP contribution is 2.38. The van der Waals surface area contributed by atoms with Gasteiger partial charge in [-0.25, -0.2) is 0 Å². The van der Waals surface area contributed by atoms with Crippen molar-refractivity contribution in [1.29, 1.82) is 0 Å². The van der Waals surface area contributed by atoms with Gasteiger partial charge in [-0.1, -0.05) is 6.42 Å². The van der Waals surface area contributed by atoms with Crippen LogP contribution in [0.25, 0.3) is 0 Å². The molecule has 19 heavy (non-hydrogen) atoms. The molecule has 1 aromatic heterocycles. The lowest BCUT2D eigenvalue weighted by Crippen LogP contribution is -2.44. The maximum absolute atomic E-state index is 3.84. The summed E-state index contributed by atoms with van der Waals surface area (Å²) in [5, 5.41) is 3.84. The molecule has 1 aliphatic carbocycles. The first-order valence-corrected chi connectivity index (χ1v) is 9.06. The van der Waals surface area contributed by atoms with Gasteiger partial charge < -0.3 is 10.2 Å². The number of nitrogens with zero attached hydrogens (tertiary/aromatic N) is 1. The number of piperidine rings is 1. The van der Waals surface area contributed by atoms with Crippen molar-refractivity contribution in [3.63, 3.8) is 0 Å². The molecule has 0 saturated carbocycles. The van der Waals surface area contributed by atoms with E-state index in [4.69, 9.17) is 0 Å². The second kappa shape index (κ2) is 6.25. The van der Waals surface area contributed by atoms with Crippen LogP contribution in [0.3, 0.4) is 0 Å². The molecule has 0 bridgehead atoms. The minimum Gasteiger partial charge on any atom is -0.308 e. The van der Waals surface area contributed by atoms with Crippen LogP contribution in [0.15, 0.2) is 9.85 Å². The molecule has 2 aliphatic rings. The zero-order valence-corrected chi connectivity index (χ0v) is 14.0. The number of rotatable bonds is 3. The smallest absolute Gasteiger partial charge is 0.0704 e. The molecule has 3 rings (SSSR count). The third-order valence-corrected chi connectivity index (χ3v) is 6.32. The highest BCUT2D eigenvalue weighted by Gasteiger charge is 2.24. The lowest BCUT2D eigenvalue weighted by atomic mass is 9.93. The van der Waals surface area contributed by atoms with Gasteiger partial charge in [0.2, 0.25) is 0 Å². The van der Waals surface area contributed by atoms with Crippen LogP contribution in [0.2, 0.25) is 0 Å². The Morgan fingerprint density at radius 1 is 1.37 bits per heavy atom. The summed E-state index contributed by atoms with van der Waals surface area (Å²) in [4.78, 5) is 4.12. The van der Waals surface area contributed by atoms with Gasteiger partial charge in [-0.05, 0) is 73.3 Å². The zero-order valence-electron chi connectivity index (χ0n) is 11.6. The molecule has 2 heterocycles. The molecule has 1 fully saturated rings. The van der Waals surface area contributed by atoms with Crippen molar-refractivity contribution in [3.05, 3.63) is 20.3 Å². The Morgan fingerprint density at radius 2 is 2.26 bits per heavy atom. The number of halogens is 1. The monoisotopic (exact) mass is 342 g/mol. The molecule has 1 aliphatic heterocycles. The molecule has 2 unspecified atom stereocenters. The molecule has 0 aromatic carbocycles. The number of nitrogens with one attached hydrogen (secondary N) is 1. The van der Waals surface area contributed by atoms with Gasteiger partial charge in [-0.15, -0.1) is 11.3 Å². The van der Waals surface area contributed by atoms with Crippen molar-refractivity contribution in [2.24, 2.45) is 0 Å². The zero-order chi connectivity index (χ0) is 13.2. The summed E-state index contributed by atoms with van der Waals surface area (Å²) in [5.41, 5.74) is 1.56. The fourth-order valence-electron chi connectivity index (χ4n) is 3.41. The van der Waals surface area contributed by atoms with Crippen molar-refractivity contribution in [2.75, 3.05) is 20.1 Å². The molecule has 0 radical (unpaired) electrons. The Bertz CT molecular complexity index is 432. The number of hydrogen-bond acceptors (Lipinski definition) is 3. The van der Waals surface area contributed by atoms with E-state index in [0.29, 0.717) is 6.04 Å². The largest absolute Gasteiger partial charge is 0.308 e. The highest BCUT2D eigenvalue weighted by molar-refractivity contribution is 9.11. The number of aryl methyl sites for hydroxylation is 1. The van der Waals surface area contributed by atoms with Crippen LogP contribution in [0.5, 0.6) is 0 Å². The van der Waals surface area contributed by atoms with Gasteiger partial charge in [0.25, 0.3) is 0 Å². The van der Waals surface area contributed by atoms with Crippen LogP contribution in [0, 0.1) is 0 Å². The van der Waals surface area contributed by atoms with E-state index >= 15 is 0 Å². The average Bonchev–Trinajstić information content (AvgIpc) is 2.78. The maximum Gasteiger partial charge on any atom is 0.0704 e. The summed E-state index contributed by atoms with van der Waals surface area (Å²) >= 11 is 5.56. The first-order valence-electron chi connectivity index (χ1n) is 7.46. The standard InChI is InChI=1S/C15H23BrN2S/c1-18-8-3-2-5-11(18)10-17-13-6-4-7-14-12(13)9-15(16)19-14/h9,11,13,17H,2-8,10H2,1H3. The third-order valence-electron chi connectivity index (χ3n) is 4.61. The Hall–Kier alpha value is 0.100. The predicted octanol–water partition coefficient (Wildman–Crippen LogP) is 3.96. The van der Waals surface area contributed by atoms with E-state index in [-0.39, 0.29) is 0 Å². The Kier molecular flexibility index (Phi) is 4.62. The number of likely N-dealkylation sites (tertiary alicyclic amines) is 1. The quantitative estimate of drug-likeness (QED) is 0.894. The fourth-order valence-corrected chi connectivity index (χ4v) is 5.23. The SMILES string of the molecule is CN1CCCCC1CNC1CCCc2sc(Br)cc21. The van der Waals surface area contributed by atoms with Crippen LogP contribution < -0.4 is 5.32 Å². The molecule has 1 N–H and O–H groups in total. The van der Waals surface area contributed by atoms with Crippen molar-refractivity contribution in [3.8, 4) is 0 Å². The van der Waals surface area contributed by atoms with E-state index in [2.05, 4.69) is 39.3 Å². The third kappa shape index (κ3) is 3.23. The van der Waals surface area contributed by atoms with Gasteiger partial charge in [-0.3, -0.25) is 0 Å².